The number of halogens is 7. The van der Waals surface area contributed by atoms with Crippen molar-refractivity contribution >= 4 is 27.6 Å². The topological polar surface area (TPSA) is 68.0 Å². The molecule has 12 heteroatoms. The van der Waals surface area contributed by atoms with E-state index in [4.69, 9.17) is 5.11 Å². The van der Waals surface area contributed by atoms with Gasteiger partial charge in [0.15, 0.2) is 5.82 Å². The predicted molar refractivity (Wildman–Crippen MR) is 90.1 cm³/mol. The van der Waals surface area contributed by atoms with Gasteiger partial charge in [-0.2, -0.15) is 26.3 Å². The minimum absolute atomic E-state index is 0.000952. The van der Waals surface area contributed by atoms with Crippen molar-refractivity contribution in [2.24, 2.45) is 5.92 Å². The van der Waals surface area contributed by atoms with Crippen LogP contribution in [0.1, 0.15) is 25.0 Å². The van der Waals surface area contributed by atoms with Gasteiger partial charge in [0.2, 0.25) is 0 Å². The number of allylic oxidation sites excluding steroid dienone is 1. The molecule has 0 saturated heterocycles. The van der Waals surface area contributed by atoms with Crippen molar-refractivity contribution in [3.63, 3.8) is 0 Å². The van der Waals surface area contributed by atoms with Crippen LogP contribution in [0, 0.1) is 5.92 Å². The fraction of sp³-hybridized carbons (Fsp3) is 0.312. The summed E-state index contributed by atoms with van der Waals surface area (Å²) < 4.78 is 78.7. The Bertz CT molecular complexity index is 899. The van der Waals surface area contributed by atoms with E-state index in [9.17, 15) is 31.1 Å². The molecule has 1 heterocycles. The number of rotatable bonds is 4. The molecule has 0 unspecified atom stereocenters. The molecule has 0 bridgehead atoms. The first-order valence-corrected chi connectivity index (χ1v) is 8.36. The molecule has 152 valence electrons. The molecule has 0 aliphatic rings. The van der Waals surface area contributed by atoms with Gasteiger partial charge in [0.25, 0.3) is 0 Å². The molecule has 0 radical (unpaired) electrons. The second-order valence-corrected chi connectivity index (χ2v) is 6.76. The van der Waals surface area contributed by atoms with Crippen LogP contribution in [-0.2, 0) is 17.1 Å². The quantitative estimate of drug-likeness (QED) is 0.486. The van der Waals surface area contributed by atoms with Gasteiger partial charge in [-0.15, -0.1) is 5.10 Å². The van der Waals surface area contributed by atoms with Gasteiger partial charge in [0, 0.05) is 5.56 Å². The van der Waals surface area contributed by atoms with Crippen LogP contribution < -0.4 is 0 Å². The van der Waals surface area contributed by atoms with E-state index in [1.807, 2.05) is 0 Å². The summed E-state index contributed by atoms with van der Waals surface area (Å²) in [6.07, 6.45) is -9.00. The SMILES string of the molecule is CC(C)C(=C(Br)C(=O)O)n1cnc(-c2cc(C(F)(F)F)cc(C(F)(F)F)c2)n1. The number of hydrogen-bond acceptors (Lipinski definition) is 3. The molecule has 0 spiro atoms. The Balaban J connectivity index is 2.64. The van der Waals surface area contributed by atoms with Crippen LogP contribution >= 0.6 is 15.9 Å². The number of alkyl halides is 6. The number of nitrogens with zero attached hydrogens (tertiary/aromatic N) is 3. The number of carboxylic acid groups (broad SMARTS) is 1. The van der Waals surface area contributed by atoms with Gasteiger partial charge in [-0.3, -0.25) is 0 Å². The molecule has 1 N–H and O–H groups in total. The van der Waals surface area contributed by atoms with E-state index < -0.39 is 46.8 Å². The predicted octanol–water partition coefficient (Wildman–Crippen LogP) is 5.29. The molecule has 28 heavy (non-hydrogen) atoms. The zero-order valence-corrected chi connectivity index (χ0v) is 15.8. The Labute approximate surface area is 162 Å². The van der Waals surface area contributed by atoms with Gasteiger partial charge >= 0.3 is 18.3 Å². The number of aliphatic carboxylic acids is 1. The molecule has 0 aliphatic heterocycles. The summed E-state index contributed by atoms with van der Waals surface area (Å²) in [7, 11) is 0. The molecule has 0 aliphatic carbocycles. The minimum Gasteiger partial charge on any atom is -0.477 e. The van der Waals surface area contributed by atoms with E-state index in [2.05, 4.69) is 26.0 Å². The summed E-state index contributed by atoms with van der Waals surface area (Å²) in [5.41, 5.74) is -3.38. The van der Waals surface area contributed by atoms with Crippen LogP contribution in [-0.4, -0.2) is 25.8 Å². The largest absolute Gasteiger partial charge is 0.477 e. The zero-order valence-electron chi connectivity index (χ0n) is 14.2. The monoisotopic (exact) mass is 471 g/mol. The lowest BCUT2D eigenvalue weighted by Crippen LogP contribution is -2.11. The lowest BCUT2D eigenvalue weighted by molar-refractivity contribution is -0.143. The average Bonchev–Trinajstić information content (AvgIpc) is 3.02. The summed E-state index contributed by atoms with van der Waals surface area (Å²) in [6, 6.07) is 1.00. The van der Waals surface area contributed by atoms with Crippen LogP contribution in [0.15, 0.2) is 29.0 Å². The number of carboxylic acids is 1. The molecule has 0 fully saturated rings. The third kappa shape index (κ3) is 4.72. The van der Waals surface area contributed by atoms with Gasteiger partial charge < -0.3 is 5.11 Å². The smallest absolute Gasteiger partial charge is 0.416 e. The van der Waals surface area contributed by atoms with Gasteiger partial charge in [-0.25, -0.2) is 14.5 Å². The molecule has 2 aromatic rings. The van der Waals surface area contributed by atoms with Crippen molar-refractivity contribution in [1.82, 2.24) is 14.8 Å². The maximum absolute atomic E-state index is 13.0. The van der Waals surface area contributed by atoms with Crippen molar-refractivity contribution < 1.29 is 36.2 Å². The Kier molecular flexibility index (Phi) is 5.93. The minimum atomic E-state index is -5.01. The Morgan fingerprint density at radius 3 is 1.96 bits per heavy atom. The van der Waals surface area contributed by atoms with E-state index >= 15 is 0 Å². The second kappa shape index (κ2) is 7.57. The summed E-state index contributed by atoms with van der Waals surface area (Å²) >= 11 is 2.88. The van der Waals surface area contributed by atoms with Crippen molar-refractivity contribution in [1.29, 1.82) is 0 Å². The molecule has 5 nitrogen and oxygen atoms in total. The number of carbonyl (C=O) groups is 1. The third-order valence-electron chi connectivity index (χ3n) is 3.54. The highest BCUT2D eigenvalue weighted by Crippen LogP contribution is 2.38. The maximum Gasteiger partial charge on any atom is 0.416 e. The van der Waals surface area contributed by atoms with Crippen LogP contribution in [0.25, 0.3) is 17.1 Å². The lowest BCUT2D eigenvalue weighted by atomic mass is 10.0. The Morgan fingerprint density at radius 1 is 1.07 bits per heavy atom. The van der Waals surface area contributed by atoms with Gasteiger partial charge in [0.05, 0.1) is 16.8 Å². The average molecular weight is 472 g/mol. The number of hydrogen-bond donors (Lipinski definition) is 1. The molecule has 0 amide bonds. The zero-order chi connectivity index (χ0) is 21.4. The summed E-state index contributed by atoms with van der Waals surface area (Å²) in [6.45, 7) is 3.26. The summed E-state index contributed by atoms with van der Waals surface area (Å²) in [4.78, 5) is 14.9. The fourth-order valence-electron chi connectivity index (χ4n) is 2.32. The highest BCUT2D eigenvalue weighted by atomic mass is 79.9. The van der Waals surface area contributed by atoms with E-state index in [1.54, 1.807) is 13.8 Å². The molecule has 2 rings (SSSR count). The third-order valence-corrected chi connectivity index (χ3v) is 4.29. The normalized spacial score (nSPS) is 13.6. The van der Waals surface area contributed by atoms with Crippen LogP contribution in [0.5, 0.6) is 0 Å². The van der Waals surface area contributed by atoms with Crippen molar-refractivity contribution in [2.75, 3.05) is 0 Å². The molecular formula is C16H12BrF6N3O2. The first-order chi connectivity index (χ1) is 12.7. The summed E-state index contributed by atoms with van der Waals surface area (Å²) in [5.74, 6) is -2.13. The van der Waals surface area contributed by atoms with E-state index in [-0.39, 0.29) is 16.2 Å². The highest BCUT2D eigenvalue weighted by molar-refractivity contribution is 9.12. The van der Waals surface area contributed by atoms with Crippen LogP contribution in [0.4, 0.5) is 26.3 Å². The van der Waals surface area contributed by atoms with Gasteiger partial charge in [-0.1, -0.05) is 13.8 Å². The fourth-order valence-corrected chi connectivity index (χ4v) is 2.96. The first-order valence-electron chi connectivity index (χ1n) is 7.56. The molecule has 0 saturated carbocycles. The van der Waals surface area contributed by atoms with E-state index in [0.29, 0.717) is 12.1 Å². The van der Waals surface area contributed by atoms with Gasteiger partial charge in [-0.05, 0) is 40.0 Å². The van der Waals surface area contributed by atoms with Crippen LogP contribution in [0.2, 0.25) is 0 Å². The van der Waals surface area contributed by atoms with Crippen LogP contribution in [0.3, 0.4) is 0 Å². The Hall–Kier alpha value is -2.37. The van der Waals surface area contributed by atoms with E-state index in [1.165, 1.54) is 0 Å². The van der Waals surface area contributed by atoms with E-state index in [0.717, 1.165) is 11.0 Å². The molecule has 1 aromatic heterocycles. The number of aromatic nitrogens is 3. The standard InChI is InChI=1S/C16H12BrF6N3O2/c1-7(2)12(11(17)14(27)28)26-6-24-13(25-26)8-3-9(15(18,19)20)5-10(4-8)16(21,22)23/h3-7H,1-2H3,(H,27,28). The summed E-state index contributed by atoms with van der Waals surface area (Å²) in [5, 5.41) is 13.0. The highest BCUT2D eigenvalue weighted by Gasteiger charge is 2.37. The van der Waals surface area contributed by atoms with Crippen molar-refractivity contribution in [2.45, 2.75) is 26.2 Å². The maximum atomic E-state index is 13.0. The molecule has 1 aromatic carbocycles. The van der Waals surface area contributed by atoms with Crippen molar-refractivity contribution in [3.05, 3.63) is 40.1 Å². The molecular weight excluding hydrogens is 460 g/mol. The molecule has 0 atom stereocenters. The first kappa shape index (κ1) is 21.9. The Morgan fingerprint density at radius 2 is 1.57 bits per heavy atom. The van der Waals surface area contributed by atoms with Crippen molar-refractivity contribution in [3.8, 4) is 11.4 Å². The number of benzene rings is 1. The lowest BCUT2D eigenvalue weighted by Gasteiger charge is -2.13. The van der Waals surface area contributed by atoms with Gasteiger partial charge in [0.1, 0.15) is 10.8 Å². The second-order valence-electron chi connectivity index (χ2n) is 5.97.